The van der Waals surface area contributed by atoms with Crippen LogP contribution in [0.5, 0.6) is 0 Å². The zero-order chi connectivity index (χ0) is 18.7. The Bertz CT molecular complexity index is 610. The number of nitrogens with zero attached hydrogens (tertiary/aromatic N) is 4. The Hall–Kier alpha value is -1.56. The summed E-state index contributed by atoms with van der Waals surface area (Å²) in [5.41, 5.74) is 5.37. The van der Waals surface area contributed by atoms with E-state index in [0.717, 1.165) is 0 Å². The predicted molar refractivity (Wildman–Crippen MR) is 115 cm³/mol. The third-order valence-electron chi connectivity index (χ3n) is 4.22. The molecular weight excluding hydrogens is 415 g/mol. The fourth-order valence-corrected chi connectivity index (χ4v) is 8.61. The normalized spacial score (nSPS) is 10.6. The summed E-state index contributed by atoms with van der Waals surface area (Å²) in [4.78, 5) is 8.99. The van der Waals surface area contributed by atoms with Crippen molar-refractivity contribution in [3.63, 3.8) is 0 Å². The molecule has 5 heteroatoms. The van der Waals surface area contributed by atoms with E-state index in [2.05, 4.69) is 112 Å². The first kappa shape index (κ1) is 19.8. The second kappa shape index (κ2) is 8.21. The van der Waals surface area contributed by atoms with Crippen LogP contribution in [0.25, 0.3) is 0 Å². The van der Waals surface area contributed by atoms with Crippen LogP contribution in [0.2, 0.25) is 0 Å². The van der Waals surface area contributed by atoms with Gasteiger partial charge in [-0.1, -0.05) is 0 Å². The minimum absolute atomic E-state index is 1.04. The minimum atomic E-state index is -1.04. The molecule has 0 saturated heterocycles. The number of hydrogen-bond donors (Lipinski definition) is 0. The van der Waals surface area contributed by atoms with Crippen LogP contribution in [0.3, 0.4) is 0 Å². The Balaban J connectivity index is 2.68. The number of hydrogen-bond acceptors (Lipinski definition) is 4. The van der Waals surface area contributed by atoms with E-state index in [0.29, 0.717) is 0 Å². The van der Waals surface area contributed by atoms with Gasteiger partial charge in [-0.25, -0.2) is 0 Å². The zero-order valence-electron chi connectivity index (χ0n) is 16.8. The first-order chi connectivity index (χ1) is 11.7. The topological polar surface area (TPSA) is 13.0 Å². The van der Waals surface area contributed by atoms with Crippen molar-refractivity contribution in [2.75, 3.05) is 76.0 Å². The van der Waals surface area contributed by atoms with Gasteiger partial charge < -0.3 is 0 Å². The molecule has 0 fully saturated rings. The van der Waals surface area contributed by atoms with Crippen molar-refractivity contribution in [1.82, 2.24) is 0 Å². The van der Waals surface area contributed by atoms with Crippen LogP contribution in [0.1, 0.15) is 0 Å². The molecule has 2 rings (SSSR count). The van der Waals surface area contributed by atoms with Crippen molar-refractivity contribution < 1.29 is 0 Å². The third-order valence-corrected chi connectivity index (χ3v) is 8.57. The van der Waals surface area contributed by atoms with Crippen LogP contribution in [-0.4, -0.2) is 77.5 Å². The first-order valence-electron chi connectivity index (χ1n) is 8.46. The summed E-state index contributed by atoms with van der Waals surface area (Å²) in [6.45, 7) is 0. The first-order valence-corrected chi connectivity index (χ1v) is 11.3. The standard InChI is InChI=1S/2C10H15N2.Sn/c2*1-11(2)9-6-5-7-10(8-9)12(3)4;/h2*5-7H,1-4H3;. The van der Waals surface area contributed by atoms with Crippen LogP contribution in [0, 0.1) is 0 Å². The van der Waals surface area contributed by atoms with Crippen LogP contribution >= 0.6 is 0 Å². The molecule has 0 aromatic heterocycles. The van der Waals surface area contributed by atoms with Gasteiger partial charge in [0.15, 0.2) is 0 Å². The molecule has 0 spiro atoms. The van der Waals surface area contributed by atoms with Crippen molar-refractivity contribution in [3.8, 4) is 0 Å². The van der Waals surface area contributed by atoms with E-state index in [4.69, 9.17) is 0 Å². The summed E-state index contributed by atoms with van der Waals surface area (Å²) in [6, 6.07) is 13.3. The molecule has 2 radical (unpaired) electrons. The maximum atomic E-state index is 2.25. The van der Waals surface area contributed by atoms with E-state index in [1.54, 1.807) is 0 Å². The van der Waals surface area contributed by atoms with Crippen molar-refractivity contribution in [3.05, 3.63) is 36.4 Å². The van der Waals surface area contributed by atoms with Gasteiger partial charge in [-0.15, -0.1) is 0 Å². The van der Waals surface area contributed by atoms with E-state index in [9.17, 15) is 0 Å². The maximum absolute atomic E-state index is 2.25. The summed E-state index contributed by atoms with van der Waals surface area (Å²) in [5, 5.41) is 0. The quantitative estimate of drug-likeness (QED) is 0.627. The third kappa shape index (κ3) is 4.35. The molecule has 0 aliphatic heterocycles. The number of rotatable bonds is 6. The predicted octanol–water partition coefficient (Wildman–Crippen LogP) is 1.61. The van der Waals surface area contributed by atoms with Gasteiger partial charge in [0.1, 0.15) is 0 Å². The summed E-state index contributed by atoms with van der Waals surface area (Å²) >= 11 is -1.04. The van der Waals surface area contributed by atoms with E-state index in [-0.39, 0.29) is 0 Å². The molecule has 0 aliphatic rings. The fourth-order valence-electron chi connectivity index (χ4n) is 2.93. The summed E-state index contributed by atoms with van der Waals surface area (Å²) in [7, 11) is 17.1. The molecule has 0 amide bonds. The van der Waals surface area contributed by atoms with Gasteiger partial charge in [0.25, 0.3) is 0 Å². The molecule has 2 aromatic rings. The molecule has 4 nitrogen and oxygen atoms in total. The average Bonchev–Trinajstić information content (AvgIpc) is 2.54. The number of anilines is 4. The van der Waals surface area contributed by atoms with Gasteiger partial charge in [0, 0.05) is 0 Å². The summed E-state index contributed by atoms with van der Waals surface area (Å²) in [6.07, 6.45) is 0. The molecule has 25 heavy (non-hydrogen) atoms. The van der Waals surface area contributed by atoms with Crippen LogP contribution in [-0.2, 0) is 0 Å². The monoisotopic (exact) mass is 446 g/mol. The average molecular weight is 445 g/mol. The van der Waals surface area contributed by atoms with Crippen molar-refractivity contribution in [2.24, 2.45) is 0 Å². The van der Waals surface area contributed by atoms with E-state index < -0.39 is 21.1 Å². The molecule has 0 unspecified atom stereocenters. The van der Waals surface area contributed by atoms with E-state index in [1.165, 1.54) is 29.9 Å². The van der Waals surface area contributed by atoms with Crippen molar-refractivity contribution in [1.29, 1.82) is 0 Å². The SMILES string of the molecule is CN(C)c1cccc(N(C)C)[c]1[Sn][c]1c(N(C)C)cccc1N(C)C. The fraction of sp³-hybridized carbons (Fsp3) is 0.400. The molecule has 0 N–H and O–H groups in total. The second-order valence-corrected chi connectivity index (χ2v) is 10.6. The Kier molecular flexibility index (Phi) is 6.49. The molecule has 2 aromatic carbocycles. The van der Waals surface area contributed by atoms with Gasteiger partial charge in [-0.2, -0.15) is 0 Å². The molecule has 0 aliphatic carbocycles. The summed E-state index contributed by atoms with van der Waals surface area (Å²) in [5.74, 6) is 0. The second-order valence-electron chi connectivity index (χ2n) is 7.05. The van der Waals surface area contributed by atoms with Gasteiger partial charge in [0.05, 0.1) is 0 Å². The molecular formula is C20H30N4Sn. The summed E-state index contributed by atoms with van der Waals surface area (Å²) < 4.78 is 3.05. The number of benzene rings is 2. The Morgan fingerprint density at radius 3 is 0.920 bits per heavy atom. The van der Waals surface area contributed by atoms with Crippen LogP contribution < -0.4 is 26.8 Å². The Morgan fingerprint density at radius 2 is 0.720 bits per heavy atom. The molecule has 134 valence electrons. The molecule has 0 bridgehead atoms. The van der Waals surface area contributed by atoms with Crippen LogP contribution in [0.15, 0.2) is 36.4 Å². The van der Waals surface area contributed by atoms with Crippen molar-refractivity contribution in [2.45, 2.75) is 0 Å². The van der Waals surface area contributed by atoms with Gasteiger partial charge in [-0.05, 0) is 0 Å². The van der Waals surface area contributed by atoms with Gasteiger partial charge in [-0.3, -0.25) is 0 Å². The van der Waals surface area contributed by atoms with E-state index >= 15 is 0 Å². The Morgan fingerprint density at radius 1 is 0.480 bits per heavy atom. The van der Waals surface area contributed by atoms with Crippen LogP contribution in [0.4, 0.5) is 22.7 Å². The molecule has 0 atom stereocenters. The van der Waals surface area contributed by atoms with E-state index in [1.807, 2.05) is 0 Å². The molecule has 0 heterocycles. The zero-order valence-corrected chi connectivity index (χ0v) is 19.6. The molecule has 0 saturated carbocycles. The van der Waals surface area contributed by atoms with Gasteiger partial charge >= 0.3 is 163 Å². The van der Waals surface area contributed by atoms with Gasteiger partial charge in [0.2, 0.25) is 0 Å². The Labute approximate surface area is 163 Å². The van der Waals surface area contributed by atoms with Crippen molar-refractivity contribution >= 4 is 51.1 Å².